The first-order valence-electron chi connectivity index (χ1n) is 8.26. The van der Waals surface area contributed by atoms with Crippen LogP contribution in [0.3, 0.4) is 0 Å². The molecule has 1 saturated heterocycles. The van der Waals surface area contributed by atoms with Gasteiger partial charge in [-0.2, -0.15) is 0 Å². The summed E-state index contributed by atoms with van der Waals surface area (Å²) in [5.41, 5.74) is 1.62. The highest BCUT2D eigenvalue weighted by molar-refractivity contribution is 5.93. The number of carbonyl (C=O) groups is 1. The number of nitrogens with zero attached hydrogens (tertiary/aromatic N) is 1. The van der Waals surface area contributed by atoms with Gasteiger partial charge < -0.3 is 14.8 Å². The van der Waals surface area contributed by atoms with Crippen LogP contribution in [0.15, 0.2) is 48.7 Å². The Balaban J connectivity index is 1.53. The van der Waals surface area contributed by atoms with Gasteiger partial charge in [-0.1, -0.05) is 30.3 Å². The Morgan fingerprint density at radius 3 is 2.83 bits per heavy atom. The molecule has 24 heavy (non-hydrogen) atoms. The average molecular weight is 326 g/mol. The summed E-state index contributed by atoms with van der Waals surface area (Å²) >= 11 is 0. The number of benzene rings is 1. The van der Waals surface area contributed by atoms with E-state index in [4.69, 9.17) is 9.47 Å². The van der Waals surface area contributed by atoms with Gasteiger partial charge in [-0.05, 0) is 25.0 Å². The third-order valence-corrected chi connectivity index (χ3v) is 4.14. The Labute approximate surface area is 142 Å². The lowest BCUT2D eigenvalue weighted by Crippen LogP contribution is -2.29. The molecule has 1 amide bonds. The Morgan fingerprint density at radius 1 is 1.33 bits per heavy atom. The maximum Gasteiger partial charge on any atom is 0.252 e. The van der Waals surface area contributed by atoms with Crippen LogP contribution >= 0.6 is 0 Å². The second-order valence-electron chi connectivity index (χ2n) is 6.00. The van der Waals surface area contributed by atoms with E-state index in [1.165, 1.54) is 0 Å². The van der Waals surface area contributed by atoms with E-state index in [-0.39, 0.29) is 12.0 Å². The first-order chi connectivity index (χ1) is 11.7. The SMILES string of the molecule is CC(Oc1ccc(C(=O)NCC2CCOC2)cn1)c1ccccc1. The number of amides is 1. The van der Waals surface area contributed by atoms with Crippen molar-refractivity contribution in [3.05, 3.63) is 59.8 Å². The number of rotatable bonds is 6. The number of nitrogens with one attached hydrogen (secondary N) is 1. The van der Waals surface area contributed by atoms with Crippen molar-refractivity contribution in [2.75, 3.05) is 19.8 Å². The summed E-state index contributed by atoms with van der Waals surface area (Å²) in [5, 5.41) is 2.93. The fourth-order valence-corrected chi connectivity index (χ4v) is 2.64. The van der Waals surface area contributed by atoms with Crippen molar-refractivity contribution in [3.8, 4) is 5.88 Å². The zero-order valence-electron chi connectivity index (χ0n) is 13.8. The van der Waals surface area contributed by atoms with Crippen LogP contribution in [0.2, 0.25) is 0 Å². The number of pyridine rings is 1. The summed E-state index contributed by atoms with van der Waals surface area (Å²) in [6, 6.07) is 13.4. The normalized spacial score (nSPS) is 18.1. The summed E-state index contributed by atoms with van der Waals surface area (Å²) in [4.78, 5) is 16.4. The maximum absolute atomic E-state index is 12.1. The maximum atomic E-state index is 12.1. The van der Waals surface area contributed by atoms with Gasteiger partial charge in [-0.25, -0.2) is 4.98 Å². The van der Waals surface area contributed by atoms with Gasteiger partial charge in [-0.3, -0.25) is 4.79 Å². The Morgan fingerprint density at radius 2 is 2.17 bits per heavy atom. The molecule has 1 N–H and O–H groups in total. The highest BCUT2D eigenvalue weighted by atomic mass is 16.5. The van der Waals surface area contributed by atoms with Crippen LogP contribution in [0.1, 0.15) is 35.4 Å². The second-order valence-corrected chi connectivity index (χ2v) is 6.00. The Bertz CT molecular complexity index is 652. The largest absolute Gasteiger partial charge is 0.470 e. The van der Waals surface area contributed by atoms with Crippen LogP contribution < -0.4 is 10.1 Å². The van der Waals surface area contributed by atoms with E-state index < -0.39 is 0 Å². The van der Waals surface area contributed by atoms with Crippen molar-refractivity contribution in [3.63, 3.8) is 0 Å². The number of aromatic nitrogens is 1. The number of hydrogen-bond acceptors (Lipinski definition) is 4. The van der Waals surface area contributed by atoms with Gasteiger partial charge in [0.25, 0.3) is 5.91 Å². The van der Waals surface area contributed by atoms with Crippen molar-refractivity contribution < 1.29 is 14.3 Å². The highest BCUT2D eigenvalue weighted by Crippen LogP contribution is 2.19. The van der Waals surface area contributed by atoms with Gasteiger partial charge >= 0.3 is 0 Å². The van der Waals surface area contributed by atoms with Gasteiger partial charge in [0.15, 0.2) is 0 Å². The van der Waals surface area contributed by atoms with E-state index in [2.05, 4.69) is 10.3 Å². The molecule has 2 aromatic rings. The van der Waals surface area contributed by atoms with E-state index in [1.807, 2.05) is 37.3 Å². The van der Waals surface area contributed by atoms with Gasteiger partial charge in [0, 0.05) is 31.3 Å². The molecule has 1 aromatic heterocycles. The molecule has 1 fully saturated rings. The summed E-state index contributed by atoms with van der Waals surface area (Å²) in [6.45, 7) is 4.12. The Kier molecular flexibility index (Phi) is 5.43. The quantitative estimate of drug-likeness (QED) is 0.886. The molecule has 2 unspecified atom stereocenters. The second kappa shape index (κ2) is 7.93. The first kappa shape index (κ1) is 16.5. The molecule has 1 aromatic carbocycles. The number of carbonyl (C=O) groups excluding carboxylic acids is 1. The number of ether oxygens (including phenoxy) is 2. The zero-order chi connectivity index (χ0) is 16.8. The van der Waals surface area contributed by atoms with Crippen LogP contribution in [0.25, 0.3) is 0 Å². The average Bonchev–Trinajstić information content (AvgIpc) is 3.14. The molecule has 0 radical (unpaired) electrons. The fourth-order valence-electron chi connectivity index (χ4n) is 2.64. The molecule has 5 nitrogen and oxygen atoms in total. The molecule has 0 aliphatic carbocycles. The monoisotopic (exact) mass is 326 g/mol. The minimum absolute atomic E-state index is 0.0965. The molecule has 3 rings (SSSR count). The molecule has 1 aliphatic rings. The molecule has 5 heteroatoms. The molecule has 1 aliphatic heterocycles. The third-order valence-electron chi connectivity index (χ3n) is 4.14. The van der Waals surface area contributed by atoms with E-state index >= 15 is 0 Å². The van der Waals surface area contributed by atoms with E-state index in [9.17, 15) is 4.79 Å². The van der Waals surface area contributed by atoms with Gasteiger partial charge in [0.05, 0.1) is 12.2 Å². The van der Waals surface area contributed by atoms with Crippen molar-refractivity contribution in [1.29, 1.82) is 0 Å². The molecule has 0 spiro atoms. The predicted octanol–water partition coefficient (Wildman–Crippen LogP) is 2.99. The first-order valence-corrected chi connectivity index (χ1v) is 8.26. The van der Waals surface area contributed by atoms with Crippen molar-refractivity contribution >= 4 is 5.91 Å². The minimum Gasteiger partial charge on any atom is -0.470 e. The van der Waals surface area contributed by atoms with Crippen LogP contribution in [0.5, 0.6) is 5.88 Å². The van der Waals surface area contributed by atoms with Crippen LogP contribution in [-0.2, 0) is 4.74 Å². The molecule has 0 bridgehead atoms. The van der Waals surface area contributed by atoms with Gasteiger partial charge in [0.2, 0.25) is 5.88 Å². The fraction of sp³-hybridized carbons (Fsp3) is 0.368. The smallest absolute Gasteiger partial charge is 0.252 e. The van der Waals surface area contributed by atoms with Gasteiger partial charge in [0.1, 0.15) is 6.10 Å². The van der Waals surface area contributed by atoms with E-state index in [0.717, 1.165) is 25.2 Å². The highest BCUT2D eigenvalue weighted by Gasteiger charge is 2.17. The van der Waals surface area contributed by atoms with E-state index in [1.54, 1.807) is 18.3 Å². The van der Waals surface area contributed by atoms with Crippen molar-refractivity contribution in [1.82, 2.24) is 10.3 Å². The minimum atomic E-state index is -0.114. The lowest BCUT2D eigenvalue weighted by atomic mass is 10.1. The summed E-state index contributed by atoms with van der Waals surface area (Å²) in [7, 11) is 0. The lowest BCUT2D eigenvalue weighted by Gasteiger charge is -2.14. The molecule has 126 valence electrons. The van der Waals surface area contributed by atoms with Crippen molar-refractivity contribution in [2.24, 2.45) is 5.92 Å². The molecule has 0 saturated carbocycles. The molecular formula is C19H22N2O3. The third kappa shape index (κ3) is 4.32. The molecule has 2 atom stereocenters. The van der Waals surface area contributed by atoms with Crippen LogP contribution in [0.4, 0.5) is 0 Å². The van der Waals surface area contributed by atoms with E-state index in [0.29, 0.717) is 23.9 Å². The number of hydrogen-bond donors (Lipinski definition) is 1. The topological polar surface area (TPSA) is 60.5 Å². The zero-order valence-corrected chi connectivity index (χ0v) is 13.8. The molecular weight excluding hydrogens is 304 g/mol. The Hall–Kier alpha value is -2.40. The standard InChI is InChI=1S/C19H22N2O3/c1-14(16-5-3-2-4-6-16)24-18-8-7-17(12-20-18)19(22)21-11-15-9-10-23-13-15/h2-8,12,14-15H,9-11,13H2,1H3,(H,21,22). The van der Waals surface area contributed by atoms with Crippen LogP contribution in [0, 0.1) is 5.92 Å². The lowest BCUT2D eigenvalue weighted by molar-refractivity contribution is 0.0944. The predicted molar refractivity (Wildman–Crippen MR) is 91.0 cm³/mol. The van der Waals surface area contributed by atoms with Crippen molar-refractivity contribution in [2.45, 2.75) is 19.4 Å². The summed E-state index contributed by atoms with van der Waals surface area (Å²) in [6.07, 6.45) is 2.46. The summed E-state index contributed by atoms with van der Waals surface area (Å²) < 4.78 is 11.1. The van der Waals surface area contributed by atoms with Crippen LogP contribution in [-0.4, -0.2) is 30.6 Å². The molecule has 2 heterocycles. The van der Waals surface area contributed by atoms with Gasteiger partial charge in [-0.15, -0.1) is 0 Å². The summed E-state index contributed by atoms with van der Waals surface area (Å²) in [5.74, 6) is 0.806.